The lowest BCUT2D eigenvalue weighted by molar-refractivity contribution is -0.0369. The Morgan fingerprint density at radius 2 is 1.90 bits per heavy atom. The summed E-state index contributed by atoms with van der Waals surface area (Å²) in [7, 11) is 1.77. The molecular formula is C15H22N2O3. The van der Waals surface area contributed by atoms with Crippen molar-refractivity contribution in [1.82, 2.24) is 5.43 Å². The van der Waals surface area contributed by atoms with Crippen molar-refractivity contribution in [1.29, 1.82) is 0 Å². The molecule has 1 fully saturated rings. The highest BCUT2D eigenvalue weighted by atomic mass is 16.6. The standard InChI is InChI=1S/C15H22N2O3/c1-18-15(6-2-3-7-15)14(17-16)11-4-5-12-13(10-11)20-9-8-19-12/h4-5,10,14,17H,2-3,6-9,16H2,1H3. The molecule has 1 aliphatic heterocycles. The van der Waals surface area contributed by atoms with Crippen molar-refractivity contribution in [3.05, 3.63) is 23.8 Å². The van der Waals surface area contributed by atoms with E-state index in [-0.39, 0.29) is 11.6 Å². The first-order valence-electron chi connectivity index (χ1n) is 7.20. The van der Waals surface area contributed by atoms with Crippen LogP contribution in [0.1, 0.15) is 37.3 Å². The molecule has 5 heteroatoms. The topological polar surface area (TPSA) is 65.7 Å². The van der Waals surface area contributed by atoms with E-state index in [4.69, 9.17) is 20.1 Å². The molecule has 3 rings (SSSR count). The first kappa shape index (κ1) is 13.7. The Morgan fingerprint density at radius 1 is 1.20 bits per heavy atom. The number of benzene rings is 1. The Bertz CT molecular complexity index is 472. The van der Waals surface area contributed by atoms with E-state index in [1.807, 2.05) is 18.2 Å². The number of hydrazine groups is 1. The van der Waals surface area contributed by atoms with E-state index in [9.17, 15) is 0 Å². The summed E-state index contributed by atoms with van der Waals surface area (Å²) in [6.07, 6.45) is 4.40. The first-order valence-corrected chi connectivity index (χ1v) is 7.20. The zero-order valence-corrected chi connectivity index (χ0v) is 11.9. The molecule has 0 amide bonds. The minimum Gasteiger partial charge on any atom is -0.486 e. The van der Waals surface area contributed by atoms with E-state index in [0.717, 1.165) is 29.9 Å². The van der Waals surface area contributed by atoms with Crippen LogP contribution in [0.3, 0.4) is 0 Å². The average Bonchev–Trinajstić information content (AvgIpc) is 2.98. The number of nitrogens with one attached hydrogen (secondary N) is 1. The van der Waals surface area contributed by atoms with Crippen LogP contribution in [-0.4, -0.2) is 25.9 Å². The Labute approximate surface area is 119 Å². The van der Waals surface area contributed by atoms with Gasteiger partial charge >= 0.3 is 0 Å². The van der Waals surface area contributed by atoms with E-state index in [1.54, 1.807) is 7.11 Å². The van der Waals surface area contributed by atoms with Crippen LogP contribution in [0.25, 0.3) is 0 Å². The summed E-state index contributed by atoms with van der Waals surface area (Å²) in [6.45, 7) is 1.19. The quantitative estimate of drug-likeness (QED) is 0.650. The third-order valence-corrected chi connectivity index (χ3v) is 4.45. The van der Waals surface area contributed by atoms with Crippen LogP contribution in [0.5, 0.6) is 11.5 Å². The SMILES string of the molecule is COC1(C(NN)c2ccc3c(c2)OCCO3)CCCC1. The monoisotopic (exact) mass is 278 g/mol. The molecule has 1 aromatic rings. The maximum Gasteiger partial charge on any atom is 0.161 e. The molecule has 1 heterocycles. The van der Waals surface area contributed by atoms with Crippen LogP contribution in [0, 0.1) is 0 Å². The van der Waals surface area contributed by atoms with Gasteiger partial charge in [-0.2, -0.15) is 0 Å². The molecule has 0 saturated heterocycles. The third-order valence-electron chi connectivity index (χ3n) is 4.45. The van der Waals surface area contributed by atoms with Crippen molar-refractivity contribution in [2.24, 2.45) is 5.84 Å². The number of rotatable bonds is 4. The highest BCUT2D eigenvalue weighted by Gasteiger charge is 2.42. The van der Waals surface area contributed by atoms with Gasteiger partial charge in [-0.25, -0.2) is 0 Å². The van der Waals surface area contributed by atoms with Crippen LogP contribution in [-0.2, 0) is 4.74 Å². The lowest BCUT2D eigenvalue weighted by atomic mass is 9.87. The van der Waals surface area contributed by atoms with Gasteiger partial charge in [-0.05, 0) is 30.5 Å². The molecule has 110 valence electrons. The van der Waals surface area contributed by atoms with Crippen LogP contribution in [0.15, 0.2) is 18.2 Å². The summed E-state index contributed by atoms with van der Waals surface area (Å²) >= 11 is 0. The predicted molar refractivity (Wildman–Crippen MR) is 75.7 cm³/mol. The molecule has 0 radical (unpaired) electrons. The lowest BCUT2D eigenvalue weighted by Gasteiger charge is -2.36. The zero-order valence-electron chi connectivity index (χ0n) is 11.9. The maximum atomic E-state index is 5.84. The van der Waals surface area contributed by atoms with Gasteiger partial charge < -0.3 is 14.2 Å². The van der Waals surface area contributed by atoms with Crippen LogP contribution in [0.4, 0.5) is 0 Å². The third kappa shape index (κ3) is 2.26. The highest BCUT2D eigenvalue weighted by Crippen LogP contribution is 2.44. The molecule has 5 nitrogen and oxygen atoms in total. The van der Waals surface area contributed by atoms with E-state index in [1.165, 1.54) is 12.8 Å². The van der Waals surface area contributed by atoms with Gasteiger partial charge in [-0.3, -0.25) is 11.3 Å². The van der Waals surface area contributed by atoms with Gasteiger partial charge in [0, 0.05) is 7.11 Å². The van der Waals surface area contributed by atoms with E-state index < -0.39 is 0 Å². The molecule has 0 bridgehead atoms. The molecule has 1 aromatic carbocycles. The number of fused-ring (bicyclic) bond motifs is 1. The number of nitrogens with two attached hydrogens (primary N) is 1. The molecule has 1 aliphatic carbocycles. The smallest absolute Gasteiger partial charge is 0.161 e. The van der Waals surface area contributed by atoms with Crippen molar-refractivity contribution >= 4 is 0 Å². The maximum absolute atomic E-state index is 5.84. The molecule has 0 spiro atoms. The molecule has 20 heavy (non-hydrogen) atoms. The zero-order chi connectivity index (χ0) is 14.0. The molecule has 1 atom stereocenters. The Kier molecular flexibility index (Phi) is 3.83. The van der Waals surface area contributed by atoms with Crippen molar-refractivity contribution in [2.45, 2.75) is 37.3 Å². The van der Waals surface area contributed by atoms with Crippen LogP contribution in [0.2, 0.25) is 0 Å². The summed E-state index contributed by atoms with van der Waals surface area (Å²) < 4.78 is 17.1. The van der Waals surface area contributed by atoms with Crippen molar-refractivity contribution in [2.75, 3.05) is 20.3 Å². The first-order chi connectivity index (χ1) is 9.79. The normalized spacial score (nSPS) is 21.7. The molecule has 0 aromatic heterocycles. The number of methoxy groups -OCH3 is 1. The average molecular weight is 278 g/mol. The van der Waals surface area contributed by atoms with Gasteiger partial charge in [0.1, 0.15) is 13.2 Å². The second-order valence-corrected chi connectivity index (χ2v) is 5.48. The van der Waals surface area contributed by atoms with Crippen LogP contribution < -0.4 is 20.7 Å². The lowest BCUT2D eigenvalue weighted by Crippen LogP contribution is -2.46. The van der Waals surface area contributed by atoms with Gasteiger partial charge in [0.15, 0.2) is 11.5 Å². The van der Waals surface area contributed by atoms with Gasteiger partial charge in [-0.1, -0.05) is 18.9 Å². The summed E-state index contributed by atoms with van der Waals surface area (Å²) in [5, 5.41) is 0. The van der Waals surface area contributed by atoms with Gasteiger partial charge in [0.05, 0.1) is 11.6 Å². The second-order valence-electron chi connectivity index (χ2n) is 5.48. The fraction of sp³-hybridized carbons (Fsp3) is 0.600. The number of hydrogen-bond acceptors (Lipinski definition) is 5. The predicted octanol–water partition coefficient (Wildman–Crippen LogP) is 1.92. The summed E-state index contributed by atoms with van der Waals surface area (Å²) in [5.74, 6) is 7.41. The van der Waals surface area contributed by atoms with Gasteiger partial charge in [-0.15, -0.1) is 0 Å². The molecule has 1 unspecified atom stereocenters. The molecular weight excluding hydrogens is 256 g/mol. The minimum absolute atomic E-state index is 0.0363. The van der Waals surface area contributed by atoms with Crippen LogP contribution >= 0.6 is 0 Å². The Hall–Kier alpha value is -1.30. The van der Waals surface area contributed by atoms with Crippen molar-refractivity contribution in [3.8, 4) is 11.5 Å². The highest BCUT2D eigenvalue weighted by molar-refractivity contribution is 5.45. The largest absolute Gasteiger partial charge is 0.486 e. The van der Waals surface area contributed by atoms with Gasteiger partial charge in [0.2, 0.25) is 0 Å². The molecule has 1 saturated carbocycles. The van der Waals surface area contributed by atoms with Crippen molar-refractivity contribution in [3.63, 3.8) is 0 Å². The summed E-state index contributed by atoms with van der Waals surface area (Å²) in [4.78, 5) is 0. The van der Waals surface area contributed by atoms with Gasteiger partial charge in [0.25, 0.3) is 0 Å². The summed E-state index contributed by atoms with van der Waals surface area (Å²) in [5.41, 5.74) is 3.80. The minimum atomic E-state index is -0.224. The Balaban J connectivity index is 1.92. The number of ether oxygens (including phenoxy) is 3. The fourth-order valence-corrected chi connectivity index (χ4v) is 3.38. The fourth-order valence-electron chi connectivity index (χ4n) is 3.38. The van der Waals surface area contributed by atoms with E-state index in [0.29, 0.717) is 13.2 Å². The summed E-state index contributed by atoms with van der Waals surface area (Å²) in [6, 6.07) is 5.97. The van der Waals surface area contributed by atoms with E-state index in [2.05, 4.69) is 5.43 Å². The Morgan fingerprint density at radius 3 is 2.55 bits per heavy atom. The van der Waals surface area contributed by atoms with Crippen molar-refractivity contribution < 1.29 is 14.2 Å². The number of hydrogen-bond donors (Lipinski definition) is 2. The second kappa shape index (κ2) is 5.60. The molecule has 3 N–H and O–H groups in total. The van der Waals surface area contributed by atoms with E-state index >= 15 is 0 Å². The molecule has 2 aliphatic rings.